The molecule has 9 aromatic rings. The van der Waals surface area contributed by atoms with Crippen LogP contribution in [0.4, 0.5) is 0 Å². The number of pyridine rings is 1. The maximum absolute atomic E-state index is 11.4. The predicted octanol–water partition coefficient (Wildman–Crippen LogP) is 14.8. The number of benzene rings is 7. The van der Waals surface area contributed by atoms with E-state index in [0.717, 1.165) is 22.3 Å². The Kier molecular flexibility index (Phi) is 9.21. The second-order valence-electron chi connectivity index (χ2n) is 15.5. The summed E-state index contributed by atoms with van der Waals surface area (Å²) in [7, 11) is 0. The van der Waals surface area contributed by atoms with Crippen molar-refractivity contribution in [3.8, 4) is 78.6 Å². The molecule has 61 heavy (non-hydrogen) atoms. The van der Waals surface area contributed by atoms with E-state index in [0.29, 0.717) is 72.7 Å². The van der Waals surface area contributed by atoms with E-state index in [1.54, 1.807) is 99.1 Å². The summed E-state index contributed by atoms with van der Waals surface area (Å²) in [5.41, 5.74) is 11.0. The maximum Gasteiger partial charge on any atom is 0.148 e. The van der Waals surface area contributed by atoms with Crippen molar-refractivity contribution in [1.82, 2.24) is 14.5 Å². The normalized spacial score (nSPS) is 14.0. The summed E-state index contributed by atoms with van der Waals surface area (Å²) < 4.78 is 70.4. The average molecular weight is 982 g/mol. The first kappa shape index (κ1) is 32.4. The minimum atomic E-state index is -2.64. The van der Waals surface area contributed by atoms with Gasteiger partial charge in [-0.25, -0.2) is 4.98 Å². The minimum Gasteiger partial charge on any atom is -0.507 e. The number of hydrogen-bond donors (Lipinski definition) is 1. The molecule has 0 bridgehead atoms. The molecular formula is C56H48N3OPt-. The molecule has 1 N–H and O–H groups in total. The van der Waals surface area contributed by atoms with Gasteiger partial charge in [0.1, 0.15) is 11.6 Å². The fourth-order valence-corrected chi connectivity index (χ4v) is 8.06. The molecule has 2 aromatic heterocycles. The Balaban J connectivity index is 0.00000642. The molecule has 0 saturated heterocycles. The summed E-state index contributed by atoms with van der Waals surface area (Å²) >= 11 is 0. The number of aromatic nitrogens is 3. The van der Waals surface area contributed by atoms with E-state index in [1.807, 2.05) is 97.1 Å². The Morgan fingerprint density at radius 2 is 1.28 bits per heavy atom. The van der Waals surface area contributed by atoms with E-state index in [9.17, 15) is 5.11 Å². The largest absolute Gasteiger partial charge is 0.507 e. The summed E-state index contributed by atoms with van der Waals surface area (Å²) in [6, 6.07) is 51.8. The number of hydrogen-bond acceptors (Lipinski definition) is 3. The van der Waals surface area contributed by atoms with Crippen LogP contribution >= 0.6 is 0 Å². The molecule has 4 nitrogen and oxygen atoms in total. The first-order valence-corrected chi connectivity index (χ1v) is 20.0. The topological polar surface area (TPSA) is 50.9 Å². The monoisotopic (exact) mass is 981 g/mol. The molecule has 7 aromatic carbocycles. The zero-order valence-corrected chi connectivity index (χ0v) is 36.5. The third-order valence-corrected chi connectivity index (χ3v) is 11.0. The van der Waals surface area contributed by atoms with Gasteiger partial charge in [-0.15, -0.1) is 23.8 Å². The van der Waals surface area contributed by atoms with Crippen molar-refractivity contribution in [1.29, 1.82) is 0 Å². The molecule has 0 aliphatic heterocycles. The van der Waals surface area contributed by atoms with E-state index in [4.69, 9.17) is 20.9 Å². The fourth-order valence-electron chi connectivity index (χ4n) is 8.06. The molecule has 5 heteroatoms. The Morgan fingerprint density at radius 1 is 0.607 bits per heavy atom. The van der Waals surface area contributed by atoms with E-state index in [-0.39, 0.29) is 37.9 Å². The first-order valence-electron chi connectivity index (χ1n) is 24.0. The number of phenolic OH excluding ortho intramolecular Hbond substituents is 1. The third-order valence-electron chi connectivity index (χ3n) is 11.0. The van der Waals surface area contributed by atoms with Crippen molar-refractivity contribution in [2.75, 3.05) is 0 Å². The molecule has 9 rings (SSSR count). The number of rotatable bonds is 9. The van der Waals surface area contributed by atoms with Crippen LogP contribution in [0.2, 0.25) is 0 Å². The van der Waals surface area contributed by atoms with Gasteiger partial charge >= 0.3 is 0 Å². The minimum absolute atomic E-state index is 0. The molecule has 0 atom stereocenters. The second kappa shape index (κ2) is 17.3. The van der Waals surface area contributed by atoms with Crippen molar-refractivity contribution in [2.24, 2.45) is 0 Å². The Labute approximate surface area is 385 Å². The molecule has 304 valence electrons. The predicted molar refractivity (Wildman–Crippen MR) is 250 cm³/mol. The number of nitrogens with zero attached hydrogens (tertiary/aromatic N) is 3. The number of aryl methyl sites for hydroxylation is 2. The van der Waals surface area contributed by atoms with Gasteiger partial charge in [0.25, 0.3) is 0 Å². The summed E-state index contributed by atoms with van der Waals surface area (Å²) in [5.74, 6) is -1.84. The van der Waals surface area contributed by atoms with E-state index < -0.39 is 25.5 Å². The van der Waals surface area contributed by atoms with Crippen molar-refractivity contribution in [3.63, 3.8) is 0 Å². The second-order valence-corrected chi connectivity index (χ2v) is 15.5. The van der Waals surface area contributed by atoms with Crippen LogP contribution in [0.1, 0.15) is 72.7 Å². The summed E-state index contributed by atoms with van der Waals surface area (Å²) in [4.78, 5) is 10.1. The Morgan fingerprint density at radius 3 is 2.00 bits per heavy atom. The molecule has 0 saturated carbocycles. The van der Waals surface area contributed by atoms with Gasteiger partial charge in [0.05, 0.1) is 22.3 Å². The Bertz CT molecular complexity index is 3320. The quantitative estimate of drug-likeness (QED) is 0.147. The number of imidazole rings is 1. The Hall–Kier alpha value is -6.35. The van der Waals surface area contributed by atoms with Gasteiger partial charge < -0.3 is 5.11 Å². The number of aromatic hydroxyl groups is 1. The van der Waals surface area contributed by atoms with Crippen LogP contribution in [0.3, 0.4) is 0 Å². The van der Waals surface area contributed by atoms with Crippen molar-refractivity contribution in [2.45, 2.75) is 53.2 Å². The molecule has 0 amide bonds. The van der Waals surface area contributed by atoms with Crippen LogP contribution in [0, 0.1) is 19.8 Å². The molecule has 0 radical (unpaired) electrons. The van der Waals surface area contributed by atoms with Gasteiger partial charge in [-0.1, -0.05) is 159 Å². The molecule has 0 aliphatic carbocycles. The number of phenols is 1. The summed E-state index contributed by atoms with van der Waals surface area (Å²) in [6.07, 6.45) is 1.72. The van der Waals surface area contributed by atoms with Crippen molar-refractivity contribution >= 4 is 11.0 Å². The summed E-state index contributed by atoms with van der Waals surface area (Å²) in [5, 5.41) is 11.4. The maximum atomic E-state index is 11.4. The standard InChI is InChI=1S/C56H48N3O.Pt/c1-35(2)46-17-12-18-47(36(3)4)54(46)42-26-27-51(38(6)30-42)59-52-20-13-19-48(55(52)58-56(59)49-16-10-11-21-53(49)60)44-31-43(39-14-8-7-9-15-39)32-45(33-44)50-34-41(28-29-57-50)40-24-22-37(5)23-25-40;/h7-32,34-36,60H,1-6H3;/q-1;/i5D3,6D3,35D,36D;. The molecule has 0 unspecified atom stereocenters. The van der Waals surface area contributed by atoms with Gasteiger partial charge in [0.15, 0.2) is 0 Å². The van der Waals surface area contributed by atoms with Crippen LogP contribution in [0.15, 0.2) is 164 Å². The van der Waals surface area contributed by atoms with Crippen LogP contribution in [0.5, 0.6) is 5.75 Å². The van der Waals surface area contributed by atoms with Gasteiger partial charge in [-0.05, 0) is 106 Å². The van der Waals surface area contributed by atoms with Crippen LogP contribution in [0.25, 0.3) is 83.9 Å². The zero-order chi connectivity index (χ0) is 48.3. The molecule has 2 heterocycles. The van der Waals surface area contributed by atoms with Crippen molar-refractivity contribution in [3.05, 3.63) is 192 Å². The first-order chi connectivity index (χ1) is 32.2. The number of fused-ring (bicyclic) bond motifs is 1. The summed E-state index contributed by atoms with van der Waals surface area (Å²) in [6.45, 7) is 2.29. The van der Waals surface area contributed by atoms with Crippen molar-refractivity contribution < 1.29 is 37.1 Å². The van der Waals surface area contributed by atoms with E-state index >= 15 is 0 Å². The van der Waals surface area contributed by atoms with Gasteiger partial charge in [-0.2, -0.15) is 0 Å². The van der Waals surface area contributed by atoms with Crippen LogP contribution in [-0.4, -0.2) is 19.6 Å². The SMILES string of the molecule is [2H]C([2H])([2H])c1ccc(-c2ccnc(-c3[c-]c(-c4cccc5c4nc(-c4ccccc4O)n5-c4ccc(-c5c(C([2H])(C)C)cccc5C([2H])(C)C)cc4C([2H])([2H])[2H])cc(-c4ccccc4)c3)c2)cc1.[Pt]. The van der Waals surface area contributed by atoms with Crippen LogP contribution < -0.4 is 0 Å². The molecule has 0 aliphatic rings. The average Bonchev–Trinajstić information content (AvgIpc) is 3.70. The molecular weight excluding hydrogens is 926 g/mol. The van der Waals surface area contributed by atoms with Gasteiger partial charge in [0.2, 0.25) is 0 Å². The van der Waals surface area contributed by atoms with Crippen LogP contribution in [-0.2, 0) is 21.1 Å². The van der Waals surface area contributed by atoms with E-state index in [2.05, 4.69) is 6.07 Å². The third kappa shape index (κ3) is 8.01. The van der Waals surface area contributed by atoms with E-state index in [1.165, 1.54) is 0 Å². The smallest absolute Gasteiger partial charge is 0.148 e. The number of para-hydroxylation sites is 2. The molecule has 0 spiro atoms. The zero-order valence-electron chi connectivity index (χ0n) is 42.2. The van der Waals surface area contributed by atoms with Gasteiger partial charge in [0, 0.05) is 43.9 Å². The van der Waals surface area contributed by atoms with Gasteiger partial charge in [-0.3, -0.25) is 9.55 Å². The fraction of sp³-hybridized carbons (Fsp3) is 0.143. The molecule has 0 fully saturated rings.